The number of carbonyl (C=O) groups excluding carboxylic acids is 1. The molecule has 3 rings (SSSR count). The van der Waals surface area contributed by atoms with Crippen molar-refractivity contribution in [2.24, 2.45) is 12.1 Å². The van der Waals surface area contributed by atoms with E-state index in [1.54, 1.807) is 29.9 Å². The summed E-state index contributed by atoms with van der Waals surface area (Å²) in [6.07, 6.45) is 0. The first kappa shape index (κ1) is 21.2. The Kier molecular flexibility index (Phi) is 6.79. The van der Waals surface area contributed by atoms with Crippen LogP contribution in [0.25, 0.3) is 11.4 Å². The molecule has 0 saturated carbocycles. The first-order valence-electron chi connectivity index (χ1n) is 8.40. The molecule has 1 N–H and O–H groups in total. The Labute approximate surface area is 182 Å². The molecule has 2 aromatic carbocycles. The highest BCUT2D eigenvalue weighted by molar-refractivity contribution is 8.15. The number of anilines is 1. The van der Waals surface area contributed by atoms with Crippen LogP contribution in [0, 0.1) is 0 Å². The van der Waals surface area contributed by atoms with Gasteiger partial charge in [0.05, 0.1) is 17.8 Å². The van der Waals surface area contributed by atoms with Crippen LogP contribution in [-0.4, -0.2) is 32.7 Å². The van der Waals surface area contributed by atoms with E-state index >= 15 is 0 Å². The van der Waals surface area contributed by atoms with Crippen molar-refractivity contribution in [3.8, 4) is 17.1 Å². The fourth-order valence-corrected chi connectivity index (χ4v) is 3.51. The van der Waals surface area contributed by atoms with Crippen molar-refractivity contribution in [1.29, 1.82) is 0 Å². The Hall–Kier alpha value is -2.55. The lowest BCUT2D eigenvalue weighted by Gasteiger charge is -2.07. The molecule has 0 aliphatic carbocycles. The van der Waals surface area contributed by atoms with Gasteiger partial charge >= 0.3 is 0 Å². The Bertz CT molecular complexity index is 1070. The van der Waals surface area contributed by atoms with Crippen molar-refractivity contribution < 1.29 is 9.53 Å². The SMILES string of the molecule is COc1ccc(-c2nnc(S/C(=N\Nc3ccc(Cl)cc3Cl)C(C)=O)n2C)cc1. The van der Waals surface area contributed by atoms with Gasteiger partial charge in [0, 0.05) is 24.6 Å². The lowest BCUT2D eigenvalue weighted by Crippen LogP contribution is -2.09. The summed E-state index contributed by atoms with van der Waals surface area (Å²) in [5.41, 5.74) is 4.21. The predicted octanol–water partition coefficient (Wildman–Crippen LogP) is 4.90. The molecule has 0 saturated heterocycles. The summed E-state index contributed by atoms with van der Waals surface area (Å²) < 4.78 is 6.97. The van der Waals surface area contributed by atoms with Crippen molar-refractivity contribution in [2.45, 2.75) is 12.1 Å². The average Bonchev–Trinajstić information content (AvgIpc) is 3.06. The van der Waals surface area contributed by atoms with Gasteiger partial charge in [-0.15, -0.1) is 10.2 Å². The van der Waals surface area contributed by atoms with E-state index in [2.05, 4.69) is 20.7 Å². The third kappa shape index (κ3) is 5.09. The molecule has 0 amide bonds. The molecule has 7 nitrogen and oxygen atoms in total. The largest absolute Gasteiger partial charge is 0.497 e. The molecule has 0 aliphatic heterocycles. The summed E-state index contributed by atoms with van der Waals surface area (Å²) in [6, 6.07) is 12.4. The zero-order valence-electron chi connectivity index (χ0n) is 15.8. The summed E-state index contributed by atoms with van der Waals surface area (Å²) in [5, 5.41) is 14.2. The summed E-state index contributed by atoms with van der Waals surface area (Å²) in [5.74, 6) is 1.19. The van der Waals surface area contributed by atoms with Crippen LogP contribution in [0.4, 0.5) is 5.69 Å². The normalized spacial score (nSPS) is 11.4. The first-order chi connectivity index (χ1) is 13.9. The Balaban J connectivity index is 1.82. The minimum atomic E-state index is -0.221. The molecule has 29 heavy (non-hydrogen) atoms. The number of hydrogen-bond acceptors (Lipinski definition) is 7. The smallest absolute Gasteiger partial charge is 0.197 e. The molecule has 0 bridgehead atoms. The number of carbonyl (C=O) groups is 1. The van der Waals surface area contributed by atoms with Crippen LogP contribution < -0.4 is 10.2 Å². The van der Waals surface area contributed by atoms with Crippen molar-refractivity contribution in [1.82, 2.24) is 14.8 Å². The van der Waals surface area contributed by atoms with Crippen LogP contribution in [0.3, 0.4) is 0 Å². The third-order valence-corrected chi connectivity index (χ3v) is 5.54. The zero-order valence-corrected chi connectivity index (χ0v) is 18.1. The number of ether oxygens (including phenoxy) is 1. The van der Waals surface area contributed by atoms with Gasteiger partial charge in [0.25, 0.3) is 0 Å². The molecule has 1 heterocycles. The van der Waals surface area contributed by atoms with Crippen molar-refractivity contribution in [3.05, 3.63) is 52.5 Å². The summed E-state index contributed by atoms with van der Waals surface area (Å²) in [4.78, 5) is 12.1. The molecule has 0 atom stereocenters. The van der Waals surface area contributed by atoms with E-state index in [1.807, 2.05) is 31.3 Å². The summed E-state index contributed by atoms with van der Waals surface area (Å²) in [7, 11) is 3.43. The Morgan fingerprint density at radius 3 is 2.52 bits per heavy atom. The maximum absolute atomic E-state index is 12.1. The number of halogens is 2. The minimum absolute atomic E-state index is 0.216. The first-order valence-corrected chi connectivity index (χ1v) is 9.97. The fraction of sp³-hybridized carbons (Fsp3) is 0.158. The number of methoxy groups -OCH3 is 1. The molecule has 0 aliphatic rings. The van der Waals surface area contributed by atoms with Gasteiger partial charge in [-0.2, -0.15) is 5.10 Å². The highest BCUT2D eigenvalue weighted by atomic mass is 35.5. The average molecular weight is 450 g/mol. The zero-order chi connectivity index (χ0) is 21.0. The second kappa shape index (κ2) is 9.30. The molecule has 3 aromatic rings. The molecular weight excluding hydrogens is 433 g/mol. The van der Waals surface area contributed by atoms with E-state index in [1.165, 1.54) is 6.92 Å². The number of Topliss-reactive ketones (excluding diaryl/α,β-unsaturated/α-hetero) is 1. The summed E-state index contributed by atoms with van der Waals surface area (Å²) >= 11 is 13.1. The molecule has 0 fully saturated rings. The van der Waals surface area contributed by atoms with Crippen molar-refractivity contribution in [3.63, 3.8) is 0 Å². The van der Waals surface area contributed by atoms with Gasteiger partial charge in [-0.1, -0.05) is 23.2 Å². The molecule has 0 radical (unpaired) electrons. The van der Waals surface area contributed by atoms with Crippen LogP contribution in [-0.2, 0) is 11.8 Å². The number of thioether (sulfide) groups is 1. The highest BCUT2D eigenvalue weighted by Crippen LogP contribution is 2.27. The Morgan fingerprint density at radius 1 is 1.17 bits per heavy atom. The van der Waals surface area contributed by atoms with Gasteiger partial charge in [0.2, 0.25) is 0 Å². The number of nitrogens with zero attached hydrogens (tertiary/aromatic N) is 4. The standard InChI is InChI=1S/C19H17Cl2N5O2S/c1-11(27)18(24-22-16-9-6-13(20)10-15(16)21)29-19-25-23-17(26(19)2)12-4-7-14(28-3)8-5-12/h4-10,22H,1-3H3/b24-18-. The van der Waals surface area contributed by atoms with Gasteiger partial charge in [-0.05, 0) is 54.2 Å². The molecular formula is C19H17Cl2N5O2S. The molecule has 1 aromatic heterocycles. The lowest BCUT2D eigenvalue weighted by molar-refractivity contribution is -0.110. The van der Waals surface area contributed by atoms with E-state index in [0.717, 1.165) is 23.1 Å². The maximum atomic E-state index is 12.1. The minimum Gasteiger partial charge on any atom is -0.497 e. The van der Waals surface area contributed by atoms with E-state index in [4.69, 9.17) is 27.9 Å². The number of hydrazone groups is 1. The monoisotopic (exact) mass is 449 g/mol. The van der Waals surface area contributed by atoms with Gasteiger partial charge in [0.15, 0.2) is 21.8 Å². The van der Waals surface area contributed by atoms with Crippen LogP contribution in [0.1, 0.15) is 6.92 Å². The number of hydrogen-bond donors (Lipinski definition) is 1. The topological polar surface area (TPSA) is 81.4 Å². The molecule has 0 unspecified atom stereocenters. The van der Waals surface area contributed by atoms with Crippen LogP contribution in [0.5, 0.6) is 5.75 Å². The Morgan fingerprint density at radius 2 is 1.90 bits per heavy atom. The maximum Gasteiger partial charge on any atom is 0.197 e. The highest BCUT2D eigenvalue weighted by Gasteiger charge is 2.17. The lowest BCUT2D eigenvalue weighted by atomic mass is 10.2. The molecule has 150 valence electrons. The number of nitrogens with one attached hydrogen (secondary N) is 1. The van der Waals surface area contributed by atoms with E-state index in [-0.39, 0.29) is 10.8 Å². The van der Waals surface area contributed by atoms with E-state index in [9.17, 15) is 4.79 Å². The van der Waals surface area contributed by atoms with Crippen LogP contribution in [0.15, 0.2) is 52.7 Å². The number of aromatic nitrogens is 3. The van der Waals surface area contributed by atoms with Gasteiger partial charge in [-0.25, -0.2) is 0 Å². The predicted molar refractivity (Wildman–Crippen MR) is 117 cm³/mol. The molecule has 10 heteroatoms. The third-order valence-electron chi connectivity index (χ3n) is 3.88. The van der Waals surface area contributed by atoms with Crippen LogP contribution >= 0.6 is 35.0 Å². The second-order valence-corrected chi connectivity index (χ2v) is 7.70. The van der Waals surface area contributed by atoms with E-state index in [0.29, 0.717) is 26.7 Å². The van der Waals surface area contributed by atoms with Gasteiger partial charge < -0.3 is 9.30 Å². The fourth-order valence-electron chi connectivity index (χ4n) is 2.35. The van der Waals surface area contributed by atoms with Crippen molar-refractivity contribution in [2.75, 3.05) is 12.5 Å². The van der Waals surface area contributed by atoms with Crippen molar-refractivity contribution >= 4 is 51.5 Å². The summed E-state index contributed by atoms with van der Waals surface area (Å²) in [6.45, 7) is 1.43. The second-order valence-electron chi connectivity index (χ2n) is 5.90. The van der Waals surface area contributed by atoms with E-state index < -0.39 is 0 Å². The molecule has 0 spiro atoms. The van der Waals surface area contributed by atoms with Gasteiger partial charge in [-0.3, -0.25) is 10.2 Å². The number of rotatable bonds is 6. The van der Waals surface area contributed by atoms with Gasteiger partial charge in [0.1, 0.15) is 5.75 Å². The van der Waals surface area contributed by atoms with Crippen LogP contribution in [0.2, 0.25) is 10.0 Å². The number of ketones is 1. The quantitative estimate of drug-likeness (QED) is 0.249. The number of benzene rings is 2.